The van der Waals surface area contributed by atoms with Crippen LogP contribution in [0.4, 0.5) is 10.5 Å². The minimum Gasteiger partial charge on any atom is -0.445 e. The summed E-state index contributed by atoms with van der Waals surface area (Å²) in [5, 5.41) is 12.1. The highest BCUT2D eigenvalue weighted by atomic mass is 16.7. The Kier molecular flexibility index (Phi) is 10.8. The highest BCUT2D eigenvalue weighted by Gasteiger charge is 2.41. The van der Waals surface area contributed by atoms with Crippen LogP contribution in [0.25, 0.3) is 0 Å². The van der Waals surface area contributed by atoms with Gasteiger partial charge in [0.1, 0.15) is 12.6 Å². The van der Waals surface area contributed by atoms with Crippen LogP contribution >= 0.6 is 0 Å². The lowest BCUT2D eigenvalue weighted by Crippen LogP contribution is -2.42. The average Bonchev–Trinajstić information content (AvgIpc) is 3.42. The predicted octanol–water partition coefficient (Wildman–Crippen LogP) is 5.98. The summed E-state index contributed by atoms with van der Waals surface area (Å²) in [6.45, 7) is 2.80. The van der Waals surface area contributed by atoms with Crippen LogP contribution in [-0.2, 0) is 37.0 Å². The van der Waals surface area contributed by atoms with E-state index in [1.54, 1.807) is 18.2 Å². The second kappa shape index (κ2) is 15.6. The number of likely N-dealkylation sites (N-methyl/N-ethyl adjacent to an activating group) is 1. The van der Waals surface area contributed by atoms with Crippen molar-refractivity contribution in [1.82, 2.24) is 10.2 Å². The maximum atomic E-state index is 13.4. The van der Waals surface area contributed by atoms with Gasteiger partial charge in [-0.15, -0.1) is 0 Å². The fraction of sp³-hybridized carbons (Fsp3) is 0.308. The minimum absolute atomic E-state index is 0.0448. The van der Waals surface area contributed by atoms with Crippen molar-refractivity contribution in [2.75, 3.05) is 18.5 Å². The van der Waals surface area contributed by atoms with Crippen LogP contribution in [0.5, 0.6) is 0 Å². The lowest BCUT2D eigenvalue weighted by atomic mass is 9.99. The van der Waals surface area contributed by atoms with Crippen LogP contribution in [0.15, 0.2) is 109 Å². The zero-order valence-electron chi connectivity index (χ0n) is 27.6. The first-order chi connectivity index (χ1) is 23.8. The van der Waals surface area contributed by atoms with Gasteiger partial charge >= 0.3 is 6.09 Å². The smallest absolute Gasteiger partial charge is 0.408 e. The van der Waals surface area contributed by atoms with Gasteiger partial charge in [0.2, 0.25) is 5.91 Å². The van der Waals surface area contributed by atoms with E-state index in [-0.39, 0.29) is 37.9 Å². The standard InChI is InChI=1S/C39H41N3O7/c1-26(29-12-7-4-8-13-29)41(2)23-33-21-35(30-18-16-27(24-43)17-19-30)49-38(48-33)31-14-9-15-32(20-31)42-36(44)22-34(37(42)45)40-39(46)47-25-28-10-5-3-6-11-28/h3-20,26,33-35,38,43H,21-25H2,1-2H3,(H,40,46). The van der Waals surface area contributed by atoms with Crippen molar-refractivity contribution >= 4 is 23.6 Å². The monoisotopic (exact) mass is 663 g/mol. The number of hydrogen-bond donors (Lipinski definition) is 2. The molecule has 49 heavy (non-hydrogen) atoms. The van der Waals surface area contributed by atoms with Gasteiger partial charge in [-0.25, -0.2) is 9.69 Å². The van der Waals surface area contributed by atoms with Gasteiger partial charge in [-0.3, -0.25) is 14.5 Å². The maximum Gasteiger partial charge on any atom is 0.408 e. The van der Waals surface area contributed by atoms with Crippen molar-refractivity contribution in [2.24, 2.45) is 0 Å². The molecule has 254 valence electrons. The van der Waals surface area contributed by atoms with Gasteiger partial charge in [0, 0.05) is 24.6 Å². The van der Waals surface area contributed by atoms with Crippen molar-refractivity contribution < 1.29 is 33.7 Å². The van der Waals surface area contributed by atoms with E-state index in [1.165, 1.54) is 5.56 Å². The summed E-state index contributed by atoms with van der Waals surface area (Å²) in [6, 6.07) is 33.3. The lowest BCUT2D eigenvalue weighted by Gasteiger charge is -2.39. The number of benzene rings is 4. The Morgan fingerprint density at radius 2 is 1.63 bits per heavy atom. The molecule has 0 bridgehead atoms. The van der Waals surface area contributed by atoms with Gasteiger partial charge in [-0.1, -0.05) is 97.1 Å². The summed E-state index contributed by atoms with van der Waals surface area (Å²) < 4.78 is 18.4. The fourth-order valence-corrected chi connectivity index (χ4v) is 6.23. The number of carbonyl (C=O) groups is 3. The highest BCUT2D eigenvalue weighted by molar-refractivity contribution is 6.22. The Morgan fingerprint density at radius 3 is 2.35 bits per heavy atom. The van der Waals surface area contributed by atoms with Crippen LogP contribution in [0.2, 0.25) is 0 Å². The Morgan fingerprint density at radius 1 is 0.918 bits per heavy atom. The SMILES string of the molecule is CC(c1ccccc1)N(C)CC1CC(c2ccc(CO)cc2)OC(c2cccc(N3C(=O)CC(NC(=O)OCc4ccccc4)C3=O)c2)O1. The Labute approximate surface area is 286 Å². The predicted molar refractivity (Wildman–Crippen MR) is 183 cm³/mol. The van der Waals surface area contributed by atoms with E-state index in [4.69, 9.17) is 14.2 Å². The summed E-state index contributed by atoms with van der Waals surface area (Å²) >= 11 is 0. The molecular formula is C39H41N3O7. The largest absolute Gasteiger partial charge is 0.445 e. The molecule has 2 heterocycles. The van der Waals surface area contributed by atoms with Crippen LogP contribution in [-0.4, -0.2) is 53.7 Å². The van der Waals surface area contributed by atoms with Gasteiger partial charge in [0.25, 0.3) is 5.91 Å². The van der Waals surface area contributed by atoms with Crippen molar-refractivity contribution in [3.63, 3.8) is 0 Å². The molecule has 10 heteroatoms. The third kappa shape index (κ3) is 8.23. The summed E-state index contributed by atoms with van der Waals surface area (Å²) in [5.41, 5.74) is 4.80. The van der Waals surface area contributed by atoms with Gasteiger partial charge in [-0.2, -0.15) is 0 Å². The molecule has 2 saturated heterocycles. The summed E-state index contributed by atoms with van der Waals surface area (Å²) in [6.07, 6.45) is -1.63. The molecule has 5 unspecified atom stereocenters. The number of imide groups is 1. The third-order valence-electron chi connectivity index (χ3n) is 9.10. The van der Waals surface area contributed by atoms with E-state index in [0.29, 0.717) is 24.2 Å². The molecule has 2 aliphatic rings. The molecule has 10 nitrogen and oxygen atoms in total. The number of amides is 3. The fourth-order valence-electron chi connectivity index (χ4n) is 6.23. The topological polar surface area (TPSA) is 118 Å². The molecule has 0 aromatic heterocycles. The molecule has 4 aromatic carbocycles. The first kappa shape index (κ1) is 34.0. The average molecular weight is 664 g/mol. The molecule has 4 aromatic rings. The number of hydrogen-bond acceptors (Lipinski definition) is 8. The number of rotatable bonds is 11. The summed E-state index contributed by atoms with van der Waals surface area (Å²) in [4.78, 5) is 42.3. The maximum absolute atomic E-state index is 13.4. The van der Waals surface area contributed by atoms with Crippen molar-refractivity contribution in [1.29, 1.82) is 0 Å². The normalized spacial score (nSPS) is 21.5. The molecule has 0 radical (unpaired) electrons. The van der Waals surface area contributed by atoms with Crippen LogP contribution < -0.4 is 10.2 Å². The summed E-state index contributed by atoms with van der Waals surface area (Å²) in [5.74, 6) is -0.974. The van der Waals surface area contributed by atoms with Crippen LogP contribution in [0.3, 0.4) is 0 Å². The molecule has 0 aliphatic carbocycles. The number of nitrogens with one attached hydrogen (secondary N) is 1. The molecule has 6 rings (SSSR count). The molecule has 2 N–H and O–H groups in total. The lowest BCUT2D eigenvalue weighted by molar-refractivity contribution is -0.253. The highest BCUT2D eigenvalue weighted by Crippen LogP contribution is 2.39. The molecule has 0 spiro atoms. The van der Waals surface area contributed by atoms with Crippen LogP contribution in [0, 0.1) is 0 Å². The van der Waals surface area contributed by atoms with Crippen LogP contribution in [0.1, 0.15) is 66.0 Å². The van der Waals surface area contributed by atoms with E-state index in [9.17, 15) is 19.5 Å². The Bertz CT molecular complexity index is 1730. The second-order valence-electron chi connectivity index (χ2n) is 12.5. The quantitative estimate of drug-likeness (QED) is 0.189. The first-order valence-corrected chi connectivity index (χ1v) is 16.5. The van der Waals surface area contributed by atoms with Gasteiger partial charge in [0.05, 0.1) is 30.9 Å². The second-order valence-corrected chi connectivity index (χ2v) is 12.5. The van der Waals surface area contributed by atoms with Crippen molar-refractivity contribution in [3.8, 4) is 0 Å². The zero-order chi connectivity index (χ0) is 34.3. The van der Waals surface area contributed by atoms with E-state index in [2.05, 4.69) is 36.3 Å². The van der Waals surface area contributed by atoms with E-state index in [1.807, 2.05) is 78.9 Å². The summed E-state index contributed by atoms with van der Waals surface area (Å²) in [7, 11) is 2.07. The van der Waals surface area contributed by atoms with Gasteiger partial charge < -0.3 is 24.6 Å². The van der Waals surface area contributed by atoms with Crippen molar-refractivity contribution in [3.05, 3.63) is 137 Å². The van der Waals surface area contributed by atoms with E-state index >= 15 is 0 Å². The number of anilines is 1. The molecule has 3 amide bonds. The number of alkyl carbamates (subject to hydrolysis) is 1. The number of aliphatic hydroxyl groups excluding tert-OH is 1. The molecular weight excluding hydrogens is 622 g/mol. The zero-order valence-corrected chi connectivity index (χ0v) is 27.6. The number of ether oxygens (including phenoxy) is 3. The number of nitrogens with zero attached hydrogens (tertiary/aromatic N) is 2. The number of aliphatic hydroxyl groups is 1. The first-order valence-electron chi connectivity index (χ1n) is 16.5. The van der Waals surface area contributed by atoms with E-state index in [0.717, 1.165) is 21.6 Å². The third-order valence-corrected chi connectivity index (χ3v) is 9.10. The molecule has 2 fully saturated rings. The molecule has 2 aliphatic heterocycles. The number of carbonyl (C=O) groups excluding carboxylic acids is 3. The minimum atomic E-state index is -1.04. The molecule has 0 saturated carbocycles. The van der Waals surface area contributed by atoms with Gasteiger partial charge in [0.15, 0.2) is 6.29 Å². The molecule has 5 atom stereocenters. The Balaban J connectivity index is 1.17. The van der Waals surface area contributed by atoms with E-state index < -0.39 is 30.2 Å². The van der Waals surface area contributed by atoms with Gasteiger partial charge in [-0.05, 0) is 48.4 Å². The van der Waals surface area contributed by atoms with Crippen molar-refractivity contribution in [2.45, 2.75) is 63.6 Å². The Hall–Kier alpha value is -4.87.